The van der Waals surface area contributed by atoms with Crippen molar-refractivity contribution in [2.75, 3.05) is 27.2 Å². The molecule has 2 unspecified atom stereocenters. The van der Waals surface area contributed by atoms with Crippen LogP contribution in [0.1, 0.15) is 19.3 Å². The number of likely N-dealkylation sites (N-methyl/N-ethyl adjacent to an activating group) is 2. The second-order valence-electron chi connectivity index (χ2n) is 5.46. The van der Waals surface area contributed by atoms with Crippen molar-refractivity contribution in [3.05, 3.63) is 0 Å². The minimum atomic E-state index is -1.75. The molecule has 6 N–H and O–H groups in total. The average Bonchev–Trinajstić information content (AvgIpc) is 2.40. The van der Waals surface area contributed by atoms with Gasteiger partial charge in [-0.15, -0.1) is 0 Å². The van der Waals surface area contributed by atoms with Crippen LogP contribution in [-0.4, -0.2) is 104 Å². The maximum Gasteiger partial charge on any atom is 0.321 e. The maximum absolute atomic E-state index is 11.1. The van der Waals surface area contributed by atoms with Crippen LogP contribution >= 0.6 is 0 Å². The fourth-order valence-corrected chi connectivity index (χ4v) is 2.23. The summed E-state index contributed by atoms with van der Waals surface area (Å²) < 4.78 is 0. The third-order valence-corrected chi connectivity index (χ3v) is 3.57. The molecule has 0 aliphatic rings. The number of hydrogen-bond donors (Lipinski definition) is 6. The molecule has 0 aromatic heterocycles. The van der Waals surface area contributed by atoms with Gasteiger partial charge >= 0.3 is 11.9 Å². The standard InChI is InChI=1S/C13H26N2O8/c1-14(8(12(20)21)6-10(16)17)4-3-5-15(2)9(13(22)23)7-11(18)19/h8-10,12,16-17,20-21H,3-7H2,1-2H3,(H,18,19)(H,22,23). The molecule has 0 saturated heterocycles. The summed E-state index contributed by atoms with van der Waals surface area (Å²) in [6, 6.07) is -2.02. The third-order valence-electron chi connectivity index (χ3n) is 3.57. The molecule has 10 nitrogen and oxygen atoms in total. The van der Waals surface area contributed by atoms with E-state index in [1.54, 1.807) is 7.05 Å². The minimum absolute atomic E-state index is 0.249. The zero-order valence-corrected chi connectivity index (χ0v) is 13.2. The highest BCUT2D eigenvalue weighted by atomic mass is 16.5. The summed E-state index contributed by atoms with van der Waals surface area (Å²) in [5, 5.41) is 54.1. The zero-order chi connectivity index (χ0) is 18.2. The number of rotatable bonds is 12. The molecule has 23 heavy (non-hydrogen) atoms. The molecule has 0 aromatic rings. The van der Waals surface area contributed by atoms with Crippen molar-refractivity contribution in [3.63, 3.8) is 0 Å². The average molecular weight is 338 g/mol. The second kappa shape index (κ2) is 10.5. The molecule has 136 valence electrons. The van der Waals surface area contributed by atoms with Gasteiger partial charge in [-0.05, 0) is 33.6 Å². The van der Waals surface area contributed by atoms with E-state index in [2.05, 4.69) is 0 Å². The Morgan fingerprint density at radius 1 is 0.957 bits per heavy atom. The fraction of sp³-hybridized carbons (Fsp3) is 0.846. The Kier molecular flexibility index (Phi) is 9.88. The molecule has 0 radical (unpaired) electrons. The fourth-order valence-electron chi connectivity index (χ4n) is 2.23. The van der Waals surface area contributed by atoms with Gasteiger partial charge in [-0.2, -0.15) is 0 Å². The first-order chi connectivity index (χ1) is 10.6. The summed E-state index contributed by atoms with van der Waals surface area (Å²) in [7, 11) is 3.07. The Labute approximate surface area is 134 Å². The number of aliphatic carboxylic acids is 2. The molecule has 0 aliphatic carbocycles. The number of nitrogens with zero attached hydrogens (tertiary/aromatic N) is 2. The lowest BCUT2D eigenvalue weighted by Gasteiger charge is -2.31. The summed E-state index contributed by atoms with van der Waals surface area (Å²) >= 11 is 0. The SMILES string of the molecule is CN(CCCN(C)C(CC(O)O)C(O)O)C(CC(=O)O)C(=O)O. The number of aliphatic hydroxyl groups is 4. The molecule has 0 bridgehead atoms. The van der Waals surface area contributed by atoms with Crippen molar-refractivity contribution in [3.8, 4) is 0 Å². The number of hydrogen-bond acceptors (Lipinski definition) is 8. The molecule has 0 heterocycles. The summed E-state index contributed by atoms with van der Waals surface area (Å²) in [6.45, 7) is 0.614. The van der Waals surface area contributed by atoms with Gasteiger partial charge in [-0.3, -0.25) is 19.4 Å². The van der Waals surface area contributed by atoms with Gasteiger partial charge in [-0.25, -0.2) is 0 Å². The first-order valence-corrected chi connectivity index (χ1v) is 7.13. The Hall–Kier alpha value is -1.30. The largest absolute Gasteiger partial charge is 0.481 e. The van der Waals surface area contributed by atoms with Crippen molar-refractivity contribution >= 4 is 11.9 Å². The van der Waals surface area contributed by atoms with E-state index in [1.165, 1.54) is 16.8 Å². The van der Waals surface area contributed by atoms with Crippen molar-refractivity contribution in [2.45, 2.75) is 43.9 Å². The van der Waals surface area contributed by atoms with Crippen LogP contribution in [0.3, 0.4) is 0 Å². The van der Waals surface area contributed by atoms with Crippen molar-refractivity contribution in [2.24, 2.45) is 0 Å². The Bertz CT molecular complexity index is 377. The van der Waals surface area contributed by atoms with Crippen molar-refractivity contribution < 1.29 is 40.2 Å². The van der Waals surface area contributed by atoms with E-state index in [9.17, 15) is 19.8 Å². The first kappa shape index (κ1) is 21.7. The third kappa shape index (κ3) is 8.79. The zero-order valence-electron chi connectivity index (χ0n) is 13.2. The highest BCUT2D eigenvalue weighted by Crippen LogP contribution is 2.10. The number of carboxylic acids is 2. The highest BCUT2D eigenvalue weighted by molar-refractivity contribution is 5.80. The van der Waals surface area contributed by atoms with E-state index in [-0.39, 0.29) is 13.0 Å². The molecule has 0 saturated carbocycles. The number of carboxylic acid groups (broad SMARTS) is 2. The topological polar surface area (TPSA) is 162 Å². The summed E-state index contributed by atoms with van der Waals surface area (Å²) in [5.74, 6) is -2.43. The van der Waals surface area contributed by atoms with Crippen LogP contribution in [0.4, 0.5) is 0 Å². The number of carbonyl (C=O) groups is 2. The van der Waals surface area contributed by atoms with Gasteiger partial charge in [-0.1, -0.05) is 0 Å². The summed E-state index contributed by atoms with van der Waals surface area (Å²) in [4.78, 5) is 24.6. The molecule has 0 spiro atoms. The van der Waals surface area contributed by atoms with Crippen LogP contribution in [0.2, 0.25) is 0 Å². The number of aliphatic hydroxyl groups excluding tert-OH is 2. The van der Waals surface area contributed by atoms with Gasteiger partial charge in [0.2, 0.25) is 0 Å². The predicted octanol–water partition coefficient (Wildman–Crippen LogP) is -2.45. The predicted molar refractivity (Wildman–Crippen MR) is 78.4 cm³/mol. The Balaban J connectivity index is 4.44. The van der Waals surface area contributed by atoms with E-state index in [1.807, 2.05) is 0 Å². The van der Waals surface area contributed by atoms with E-state index in [4.69, 9.17) is 20.4 Å². The van der Waals surface area contributed by atoms with E-state index >= 15 is 0 Å². The van der Waals surface area contributed by atoms with E-state index in [0.29, 0.717) is 13.0 Å². The van der Waals surface area contributed by atoms with Crippen LogP contribution < -0.4 is 0 Å². The smallest absolute Gasteiger partial charge is 0.321 e. The first-order valence-electron chi connectivity index (χ1n) is 7.13. The molecule has 0 aliphatic heterocycles. The summed E-state index contributed by atoms with van der Waals surface area (Å²) in [5.41, 5.74) is 0. The molecular formula is C13H26N2O8. The van der Waals surface area contributed by atoms with Gasteiger partial charge in [0.05, 0.1) is 12.5 Å². The van der Waals surface area contributed by atoms with Crippen LogP contribution in [0.15, 0.2) is 0 Å². The van der Waals surface area contributed by atoms with E-state index in [0.717, 1.165) is 0 Å². The quantitative estimate of drug-likeness (QED) is 0.211. The second-order valence-corrected chi connectivity index (χ2v) is 5.46. The normalized spacial score (nSPS) is 14.7. The van der Waals surface area contributed by atoms with Gasteiger partial charge in [0.15, 0.2) is 12.6 Å². The molecule has 0 fully saturated rings. The lowest BCUT2D eigenvalue weighted by Crippen LogP contribution is -2.45. The van der Waals surface area contributed by atoms with Gasteiger partial charge in [0.25, 0.3) is 0 Å². The van der Waals surface area contributed by atoms with E-state index < -0.39 is 43.0 Å². The lowest BCUT2D eigenvalue weighted by atomic mass is 10.1. The lowest BCUT2D eigenvalue weighted by molar-refractivity contribution is -0.149. The molecule has 0 amide bonds. The van der Waals surface area contributed by atoms with Crippen LogP contribution in [0.25, 0.3) is 0 Å². The van der Waals surface area contributed by atoms with Crippen LogP contribution in [0, 0.1) is 0 Å². The van der Waals surface area contributed by atoms with Crippen molar-refractivity contribution in [1.82, 2.24) is 9.80 Å². The van der Waals surface area contributed by atoms with Crippen LogP contribution in [-0.2, 0) is 9.59 Å². The Morgan fingerprint density at radius 2 is 1.48 bits per heavy atom. The molecule has 10 heteroatoms. The van der Waals surface area contributed by atoms with Gasteiger partial charge in [0, 0.05) is 6.42 Å². The molecule has 0 rings (SSSR count). The molecule has 2 atom stereocenters. The molecule has 0 aromatic carbocycles. The summed E-state index contributed by atoms with van der Waals surface area (Å²) in [6.07, 6.45) is -3.77. The van der Waals surface area contributed by atoms with Gasteiger partial charge < -0.3 is 30.6 Å². The van der Waals surface area contributed by atoms with Crippen molar-refractivity contribution in [1.29, 1.82) is 0 Å². The van der Waals surface area contributed by atoms with Gasteiger partial charge in [0.1, 0.15) is 6.04 Å². The Morgan fingerprint density at radius 3 is 1.87 bits per heavy atom. The maximum atomic E-state index is 11.1. The highest BCUT2D eigenvalue weighted by Gasteiger charge is 2.26. The molecular weight excluding hydrogens is 312 g/mol. The monoisotopic (exact) mass is 338 g/mol. The minimum Gasteiger partial charge on any atom is -0.481 e. The van der Waals surface area contributed by atoms with Crippen LogP contribution in [0.5, 0.6) is 0 Å².